The minimum absolute atomic E-state index is 0.113. The molecule has 0 bridgehead atoms. The van der Waals surface area contributed by atoms with Crippen molar-refractivity contribution in [1.82, 2.24) is 10.2 Å². The van der Waals surface area contributed by atoms with Crippen LogP contribution in [0.2, 0.25) is 0 Å². The molecule has 1 aromatic carbocycles. The minimum Gasteiger partial charge on any atom is -0.351 e. The molecule has 1 atom stereocenters. The maximum Gasteiger partial charge on any atom is 0.238 e. The highest BCUT2D eigenvalue weighted by atomic mass is 16.2. The molecule has 1 rings (SSSR count). The molecule has 0 radical (unpaired) electrons. The quantitative estimate of drug-likeness (QED) is 0.746. The summed E-state index contributed by atoms with van der Waals surface area (Å²) in [5.41, 5.74) is 6.81. The maximum absolute atomic E-state index is 11.6. The largest absolute Gasteiger partial charge is 0.351 e. The summed E-state index contributed by atoms with van der Waals surface area (Å²) in [4.78, 5) is 13.5. The van der Waals surface area contributed by atoms with Crippen molar-refractivity contribution in [2.45, 2.75) is 12.6 Å². The molecule has 0 fully saturated rings. The Labute approximate surface area is 96.4 Å². The number of carbonyl (C=O) groups is 1. The second-order valence-corrected chi connectivity index (χ2v) is 4.07. The summed E-state index contributed by atoms with van der Waals surface area (Å²) in [7, 11) is 3.79. The number of hydrogen-bond donors (Lipinski definition) is 2. The number of nitrogens with one attached hydrogen (secondary N) is 1. The Morgan fingerprint density at radius 1 is 1.38 bits per heavy atom. The standard InChI is InChI=1S/C12H19N3O/c1-15(2)9-11(13)12(16)14-8-10-6-4-3-5-7-10/h3-7,11H,8-9,13H2,1-2H3,(H,14,16). The smallest absolute Gasteiger partial charge is 0.238 e. The number of hydrogen-bond acceptors (Lipinski definition) is 3. The topological polar surface area (TPSA) is 58.4 Å². The fourth-order valence-electron chi connectivity index (χ4n) is 1.39. The third-order valence-corrected chi connectivity index (χ3v) is 2.21. The Balaban J connectivity index is 2.35. The molecule has 1 unspecified atom stereocenters. The summed E-state index contributed by atoms with van der Waals surface area (Å²) < 4.78 is 0. The van der Waals surface area contributed by atoms with E-state index in [-0.39, 0.29) is 5.91 Å². The zero-order valence-corrected chi connectivity index (χ0v) is 9.81. The first-order valence-corrected chi connectivity index (χ1v) is 5.31. The normalized spacial score (nSPS) is 12.5. The van der Waals surface area contributed by atoms with Gasteiger partial charge in [-0.25, -0.2) is 0 Å². The molecule has 88 valence electrons. The Morgan fingerprint density at radius 3 is 2.56 bits per heavy atom. The second-order valence-electron chi connectivity index (χ2n) is 4.07. The van der Waals surface area contributed by atoms with Crippen LogP contribution in [0.15, 0.2) is 30.3 Å². The van der Waals surface area contributed by atoms with E-state index in [4.69, 9.17) is 5.73 Å². The van der Waals surface area contributed by atoms with Gasteiger partial charge in [-0.05, 0) is 19.7 Å². The first-order valence-electron chi connectivity index (χ1n) is 5.31. The molecule has 1 amide bonds. The highest BCUT2D eigenvalue weighted by molar-refractivity contribution is 5.81. The molecule has 0 aliphatic carbocycles. The monoisotopic (exact) mass is 221 g/mol. The molecule has 0 heterocycles. The molecule has 0 saturated heterocycles. The van der Waals surface area contributed by atoms with Crippen LogP contribution >= 0.6 is 0 Å². The van der Waals surface area contributed by atoms with Crippen molar-refractivity contribution in [1.29, 1.82) is 0 Å². The molecule has 0 saturated carbocycles. The molecule has 16 heavy (non-hydrogen) atoms. The van der Waals surface area contributed by atoms with Crippen LogP contribution in [0.25, 0.3) is 0 Å². The Morgan fingerprint density at radius 2 is 2.00 bits per heavy atom. The lowest BCUT2D eigenvalue weighted by Crippen LogP contribution is -2.46. The van der Waals surface area contributed by atoms with Gasteiger partial charge in [0, 0.05) is 13.1 Å². The van der Waals surface area contributed by atoms with E-state index < -0.39 is 6.04 Å². The fourth-order valence-corrected chi connectivity index (χ4v) is 1.39. The van der Waals surface area contributed by atoms with Gasteiger partial charge in [0.2, 0.25) is 5.91 Å². The van der Waals surface area contributed by atoms with Gasteiger partial charge in [-0.15, -0.1) is 0 Å². The molecular formula is C12H19N3O. The summed E-state index contributed by atoms with van der Waals surface area (Å²) >= 11 is 0. The average molecular weight is 221 g/mol. The third kappa shape index (κ3) is 4.42. The van der Waals surface area contributed by atoms with Crippen LogP contribution in [0, 0.1) is 0 Å². The number of benzene rings is 1. The van der Waals surface area contributed by atoms with Crippen LogP contribution in [0.4, 0.5) is 0 Å². The lowest BCUT2D eigenvalue weighted by molar-refractivity contribution is -0.122. The van der Waals surface area contributed by atoms with Gasteiger partial charge < -0.3 is 16.0 Å². The van der Waals surface area contributed by atoms with E-state index >= 15 is 0 Å². The Bertz CT molecular complexity index is 324. The molecule has 4 nitrogen and oxygen atoms in total. The summed E-state index contributed by atoms with van der Waals surface area (Å²) in [5, 5.41) is 2.81. The van der Waals surface area contributed by atoms with E-state index in [1.165, 1.54) is 0 Å². The predicted molar refractivity (Wildman–Crippen MR) is 64.8 cm³/mol. The van der Waals surface area contributed by atoms with Gasteiger partial charge in [0.05, 0.1) is 6.04 Å². The van der Waals surface area contributed by atoms with Crippen LogP contribution in [-0.2, 0) is 11.3 Å². The number of amides is 1. The molecule has 3 N–H and O–H groups in total. The van der Waals surface area contributed by atoms with Gasteiger partial charge in [-0.2, -0.15) is 0 Å². The highest BCUT2D eigenvalue weighted by Crippen LogP contribution is 1.97. The number of rotatable bonds is 5. The van der Waals surface area contributed by atoms with Crippen LogP contribution in [0.1, 0.15) is 5.56 Å². The van der Waals surface area contributed by atoms with E-state index in [9.17, 15) is 4.79 Å². The zero-order valence-electron chi connectivity index (χ0n) is 9.81. The van der Waals surface area contributed by atoms with Gasteiger partial charge in [0.15, 0.2) is 0 Å². The van der Waals surface area contributed by atoms with Gasteiger partial charge in [-0.1, -0.05) is 30.3 Å². The third-order valence-electron chi connectivity index (χ3n) is 2.21. The maximum atomic E-state index is 11.6. The van der Waals surface area contributed by atoms with Gasteiger partial charge in [0.1, 0.15) is 0 Å². The van der Waals surface area contributed by atoms with Gasteiger partial charge >= 0.3 is 0 Å². The van der Waals surface area contributed by atoms with Crippen LogP contribution in [0.3, 0.4) is 0 Å². The Hall–Kier alpha value is -1.39. The average Bonchev–Trinajstić information content (AvgIpc) is 2.26. The molecule has 0 aliphatic rings. The second kappa shape index (κ2) is 6.25. The number of carbonyl (C=O) groups excluding carboxylic acids is 1. The van der Waals surface area contributed by atoms with Crippen molar-refractivity contribution in [3.8, 4) is 0 Å². The summed E-state index contributed by atoms with van der Waals surface area (Å²) in [6, 6.07) is 9.31. The van der Waals surface area contributed by atoms with Gasteiger partial charge in [0.25, 0.3) is 0 Å². The van der Waals surface area contributed by atoms with Crippen molar-refractivity contribution in [2.24, 2.45) is 5.73 Å². The number of nitrogens with two attached hydrogens (primary N) is 1. The lowest BCUT2D eigenvalue weighted by atomic mass is 10.2. The van der Waals surface area contributed by atoms with Crippen molar-refractivity contribution in [3.63, 3.8) is 0 Å². The molecule has 1 aromatic rings. The van der Waals surface area contributed by atoms with Crippen molar-refractivity contribution in [3.05, 3.63) is 35.9 Å². The van der Waals surface area contributed by atoms with E-state index in [2.05, 4.69) is 5.32 Å². The SMILES string of the molecule is CN(C)CC(N)C(=O)NCc1ccccc1. The Kier molecular flexibility index (Phi) is 4.95. The molecular weight excluding hydrogens is 202 g/mol. The molecule has 4 heteroatoms. The first kappa shape index (κ1) is 12.7. The zero-order chi connectivity index (χ0) is 12.0. The highest BCUT2D eigenvalue weighted by Gasteiger charge is 2.13. The molecule has 0 spiro atoms. The van der Waals surface area contributed by atoms with E-state index in [1.54, 1.807) is 0 Å². The molecule has 0 aliphatic heterocycles. The number of likely N-dealkylation sites (N-methyl/N-ethyl adjacent to an activating group) is 1. The lowest BCUT2D eigenvalue weighted by Gasteiger charge is -2.16. The first-order chi connectivity index (χ1) is 7.59. The van der Waals surface area contributed by atoms with Crippen LogP contribution < -0.4 is 11.1 Å². The summed E-state index contributed by atoms with van der Waals surface area (Å²) in [6.45, 7) is 1.08. The summed E-state index contributed by atoms with van der Waals surface area (Å²) in [5.74, 6) is -0.113. The van der Waals surface area contributed by atoms with E-state index in [1.807, 2.05) is 49.3 Å². The fraction of sp³-hybridized carbons (Fsp3) is 0.417. The van der Waals surface area contributed by atoms with Crippen molar-refractivity contribution in [2.75, 3.05) is 20.6 Å². The van der Waals surface area contributed by atoms with E-state index in [0.29, 0.717) is 13.1 Å². The number of nitrogens with zero attached hydrogens (tertiary/aromatic N) is 1. The van der Waals surface area contributed by atoms with Crippen LogP contribution in [-0.4, -0.2) is 37.5 Å². The van der Waals surface area contributed by atoms with Crippen molar-refractivity contribution >= 4 is 5.91 Å². The summed E-state index contributed by atoms with van der Waals surface area (Å²) in [6.07, 6.45) is 0. The predicted octanol–water partition coefficient (Wildman–Crippen LogP) is 0.192. The minimum atomic E-state index is -0.473. The van der Waals surface area contributed by atoms with Gasteiger partial charge in [-0.3, -0.25) is 4.79 Å². The molecule has 0 aromatic heterocycles. The van der Waals surface area contributed by atoms with E-state index in [0.717, 1.165) is 5.56 Å². The van der Waals surface area contributed by atoms with Crippen molar-refractivity contribution < 1.29 is 4.79 Å². The van der Waals surface area contributed by atoms with Crippen LogP contribution in [0.5, 0.6) is 0 Å².